The second-order valence-electron chi connectivity index (χ2n) is 6.60. The van der Waals surface area contributed by atoms with Crippen LogP contribution in [0.25, 0.3) is 0 Å². The minimum Gasteiger partial charge on any atom is -0.342 e. The zero-order chi connectivity index (χ0) is 19.8. The van der Waals surface area contributed by atoms with Crippen LogP contribution in [-0.4, -0.2) is 44.4 Å². The number of carbonyl (C=O) groups excluding carboxylic acids is 1. The fourth-order valence-electron chi connectivity index (χ4n) is 3.00. The standard InChI is InChI=1S/C22H26N4OS/c1-3-25(15-14-19-10-6-4-7-11-19)21(27)17-28-22-24-23-18(2)26(22)16-20-12-8-5-9-13-20/h4-13H,3,14-17H2,1-2H3. The van der Waals surface area contributed by atoms with Gasteiger partial charge in [-0.05, 0) is 31.4 Å². The molecule has 146 valence electrons. The molecule has 1 heterocycles. The van der Waals surface area contributed by atoms with E-state index in [2.05, 4.69) is 39.0 Å². The second-order valence-corrected chi connectivity index (χ2v) is 7.54. The molecule has 0 aliphatic carbocycles. The van der Waals surface area contributed by atoms with Gasteiger partial charge in [0.05, 0.1) is 12.3 Å². The molecule has 2 aromatic carbocycles. The van der Waals surface area contributed by atoms with Crippen LogP contribution in [0.3, 0.4) is 0 Å². The molecule has 1 amide bonds. The van der Waals surface area contributed by atoms with Crippen molar-refractivity contribution in [1.29, 1.82) is 0 Å². The van der Waals surface area contributed by atoms with Crippen molar-refractivity contribution in [2.75, 3.05) is 18.8 Å². The molecule has 0 N–H and O–H groups in total. The van der Waals surface area contributed by atoms with Crippen molar-refractivity contribution < 1.29 is 4.79 Å². The van der Waals surface area contributed by atoms with Crippen molar-refractivity contribution in [2.24, 2.45) is 0 Å². The lowest BCUT2D eigenvalue weighted by Gasteiger charge is -2.20. The van der Waals surface area contributed by atoms with Crippen LogP contribution >= 0.6 is 11.8 Å². The summed E-state index contributed by atoms with van der Waals surface area (Å²) in [5.74, 6) is 1.36. The van der Waals surface area contributed by atoms with Crippen LogP contribution in [0.2, 0.25) is 0 Å². The molecular weight excluding hydrogens is 368 g/mol. The van der Waals surface area contributed by atoms with Gasteiger partial charge >= 0.3 is 0 Å². The third kappa shape index (κ3) is 5.45. The highest BCUT2D eigenvalue weighted by atomic mass is 32.2. The van der Waals surface area contributed by atoms with E-state index >= 15 is 0 Å². The van der Waals surface area contributed by atoms with Gasteiger partial charge in [0.1, 0.15) is 5.82 Å². The molecule has 3 aromatic rings. The Kier molecular flexibility index (Phi) is 7.25. The Morgan fingerprint density at radius 1 is 1.00 bits per heavy atom. The van der Waals surface area contributed by atoms with E-state index in [1.54, 1.807) is 0 Å². The Labute approximate surface area is 170 Å². The first-order valence-electron chi connectivity index (χ1n) is 9.55. The number of hydrogen-bond acceptors (Lipinski definition) is 4. The van der Waals surface area contributed by atoms with Gasteiger partial charge in [-0.15, -0.1) is 10.2 Å². The van der Waals surface area contributed by atoms with Crippen molar-refractivity contribution in [3.8, 4) is 0 Å². The minimum atomic E-state index is 0.135. The van der Waals surface area contributed by atoms with Crippen LogP contribution in [0.15, 0.2) is 65.8 Å². The number of aromatic nitrogens is 3. The topological polar surface area (TPSA) is 51.0 Å². The lowest BCUT2D eigenvalue weighted by atomic mass is 10.1. The zero-order valence-corrected chi connectivity index (χ0v) is 17.2. The molecule has 0 radical (unpaired) electrons. The molecule has 28 heavy (non-hydrogen) atoms. The number of amides is 1. The number of nitrogens with zero attached hydrogens (tertiary/aromatic N) is 4. The predicted octanol–water partition coefficient (Wildman–Crippen LogP) is 3.82. The molecule has 0 fully saturated rings. The van der Waals surface area contributed by atoms with Crippen LogP contribution in [0.1, 0.15) is 23.9 Å². The molecule has 5 nitrogen and oxygen atoms in total. The van der Waals surface area contributed by atoms with Crippen molar-refractivity contribution in [1.82, 2.24) is 19.7 Å². The minimum absolute atomic E-state index is 0.135. The van der Waals surface area contributed by atoms with E-state index in [9.17, 15) is 4.79 Å². The smallest absolute Gasteiger partial charge is 0.233 e. The number of likely N-dealkylation sites (N-methyl/N-ethyl adjacent to an activating group) is 1. The van der Waals surface area contributed by atoms with Crippen molar-refractivity contribution in [3.05, 3.63) is 77.6 Å². The number of hydrogen-bond donors (Lipinski definition) is 0. The molecule has 0 saturated carbocycles. The third-order valence-electron chi connectivity index (χ3n) is 4.66. The molecule has 1 aromatic heterocycles. The van der Waals surface area contributed by atoms with Crippen LogP contribution in [0, 0.1) is 6.92 Å². The molecule has 3 rings (SSSR count). The molecule has 0 unspecified atom stereocenters. The summed E-state index contributed by atoms with van der Waals surface area (Å²) in [5.41, 5.74) is 2.44. The summed E-state index contributed by atoms with van der Waals surface area (Å²) in [4.78, 5) is 14.6. The fraction of sp³-hybridized carbons (Fsp3) is 0.318. The van der Waals surface area contributed by atoms with Gasteiger partial charge in [-0.25, -0.2) is 0 Å². The Morgan fingerprint density at radius 2 is 1.64 bits per heavy atom. The van der Waals surface area contributed by atoms with E-state index in [0.717, 1.165) is 23.9 Å². The SMILES string of the molecule is CCN(CCc1ccccc1)C(=O)CSc1nnc(C)n1Cc1ccccc1. The van der Waals surface area contributed by atoms with Crippen LogP contribution < -0.4 is 0 Å². The monoisotopic (exact) mass is 394 g/mol. The summed E-state index contributed by atoms with van der Waals surface area (Å²) in [6, 6.07) is 20.5. The average molecular weight is 395 g/mol. The van der Waals surface area contributed by atoms with Gasteiger partial charge < -0.3 is 9.47 Å². The number of benzene rings is 2. The molecule has 0 saturated heterocycles. The first-order chi connectivity index (χ1) is 13.7. The Balaban J connectivity index is 1.57. The summed E-state index contributed by atoms with van der Waals surface area (Å²) in [5, 5.41) is 9.25. The molecule has 0 aliphatic rings. The van der Waals surface area contributed by atoms with Crippen LogP contribution in [-0.2, 0) is 17.8 Å². The van der Waals surface area contributed by atoms with Crippen LogP contribution in [0.5, 0.6) is 0 Å². The maximum Gasteiger partial charge on any atom is 0.233 e. The van der Waals surface area contributed by atoms with Crippen molar-refractivity contribution in [3.63, 3.8) is 0 Å². The average Bonchev–Trinajstić information content (AvgIpc) is 3.08. The van der Waals surface area contributed by atoms with E-state index in [1.165, 1.54) is 22.9 Å². The molecule has 0 atom stereocenters. The number of thioether (sulfide) groups is 1. The van der Waals surface area contributed by atoms with E-state index in [0.29, 0.717) is 18.8 Å². The van der Waals surface area contributed by atoms with E-state index in [4.69, 9.17) is 0 Å². The van der Waals surface area contributed by atoms with Crippen LogP contribution in [0.4, 0.5) is 0 Å². The maximum atomic E-state index is 12.7. The first-order valence-corrected chi connectivity index (χ1v) is 10.5. The second kappa shape index (κ2) is 10.1. The lowest BCUT2D eigenvalue weighted by Crippen LogP contribution is -2.34. The highest BCUT2D eigenvalue weighted by molar-refractivity contribution is 7.99. The maximum absolute atomic E-state index is 12.7. The zero-order valence-electron chi connectivity index (χ0n) is 16.4. The molecule has 0 aliphatic heterocycles. The fourth-order valence-corrected chi connectivity index (χ4v) is 3.89. The molecule has 0 bridgehead atoms. The largest absolute Gasteiger partial charge is 0.342 e. The van der Waals surface area contributed by atoms with Gasteiger partial charge in [0.2, 0.25) is 5.91 Å². The number of rotatable bonds is 9. The van der Waals surface area contributed by atoms with Gasteiger partial charge in [0.25, 0.3) is 0 Å². The highest BCUT2D eigenvalue weighted by Gasteiger charge is 2.16. The van der Waals surface area contributed by atoms with E-state index in [-0.39, 0.29) is 5.91 Å². The summed E-state index contributed by atoms with van der Waals surface area (Å²) in [7, 11) is 0. The van der Waals surface area contributed by atoms with E-state index < -0.39 is 0 Å². The van der Waals surface area contributed by atoms with Gasteiger partial charge in [-0.3, -0.25) is 4.79 Å². The summed E-state index contributed by atoms with van der Waals surface area (Å²) in [6.45, 7) is 6.12. The van der Waals surface area contributed by atoms with E-state index in [1.807, 2.05) is 55.1 Å². The quantitative estimate of drug-likeness (QED) is 0.518. The predicted molar refractivity (Wildman–Crippen MR) is 113 cm³/mol. The summed E-state index contributed by atoms with van der Waals surface area (Å²) < 4.78 is 2.06. The van der Waals surface area contributed by atoms with Gasteiger partial charge in [-0.1, -0.05) is 72.4 Å². The third-order valence-corrected chi connectivity index (χ3v) is 5.61. The lowest BCUT2D eigenvalue weighted by molar-refractivity contribution is -0.128. The summed E-state index contributed by atoms with van der Waals surface area (Å²) >= 11 is 1.46. The van der Waals surface area contributed by atoms with Gasteiger partial charge in [-0.2, -0.15) is 0 Å². The summed E-state index contributed by atoms with van der Waals surface area (Å²) in [6.07, 6.45) is 0.869. The molecule has 0 spiro atoms. The highest BCUT2D eigenvalue weighted by Crippen LogP contribution is 2.19. The first kappa shape index (κ1) is 20.1. The Bertz CT molecular complexity index is 880. The van der Waals surface area contributed by atoms with Gasteiger partial charge in [0, 0.05) is 13.1 Å². The normalized spacial score (nSPS) is 10.8. The number of aryl methyl sites for hydroxylation is 1. The Morgan fingerprint density at radius 3 is 2.29 bits per heavy atom. The van der Waals surface area contributed by atoms with Crippen molar-refractivity contribution >= 4 is 17.7 Å². The Hall–Kier alpha value is -2.60. The van der Waals surface area contributed by atoms with Crippen molar-refractivity contribution in [2.45, 2.75) is 32.0 Å². The molecule has 6 heteroatoms. The number of carbonyl (C=O) groups is 1. The molecular formula is C22H26N4OS. The van der Waals surface area contributed by atoms with Gasteiger partial charge in [0.15, 0.2) is 5.16 Å².